The number of aliphatic hydroxyl groups excluding tert-OH is 1. The van der Waals surface area contributed by atoms with E-state index in [4.69, 9.17) is 10.9 Å². The van der Waals surface area contributed by atoms with Crippen LogP contribution in [0.5, 0.6) is 0 Å². The van der Waals surface area contributed by atoms with Crippen LogP contribution >= 0.6 is 11.3 Å². The number of nitrogen functional groups attached to an aromatic ring is 1. The molecule has 0 unspecified atom stereocenters. The van der Waals surface area contributed by atoms with Gasteiger partial charge in [-0.15, -0.1) is 11.3 Å². The van der Waals surface area contributed by atoms with E-state index in [9.17, 15) is 0 Å². The van der Waals surface area contributed by atoms with Crippen LogP contribution in [0.2, 0.25) is 0 Å². The Morgan fingerprint density at radius 3 is 2.80 bits per heavy atom. The Morgan fingerprint density at radius 2 is 2.15 bits per heavy atom. The van der Waals surface area contributed by atoms with E-state index in [-0.39, 0.29) is 12.0 Å². The number of fused-ring (bicyclic) bond motifs is 1. The smallest absolute Gasteiger partial charge is 0.240 e. The van der Waals surface area contributed by atoms with Gasteiger partial charge in [-0.3, -0.25) is 5.43 Å². The molecule has 20 heavy (non-hydrogen) atoms. The highest BCUT2D eigenvalue weighted by Gasteiger charge is 2.18. The van der Waals surface area contributed by atoms with E-state index in [0.717, 1.165) is 29.0 Å². The molecule has 0 aromatic carbocycles. The first-order valence-corrected chi connectivity index (χ1v) is 7.36. The summed E-state index contributed by atoms with van der Waals surface area (Å²) in [6.45, 7) is 7.16. The van der Waals surface area contributed by atoms with Crippen molar-refractivity contribution in [1.29, 1.82) is 0 Å². The molecule has 0 saturated heterocycles. The molecule has 2 aromatic heterocycles. The number of hydrogen-bond donors (Lipinski definition) is 4. The predicted molar refractivity (Wildman–Crippen MR) is 83.9 cm³/mol. The third-order valence-electron chi connectivity index (χ3n) is 3.17. The van der Waals surface area contributed by atoms with E-state index in [2.05, 4.69) is 40.6 Å². The van der Waals surface area contributed by atoms with Crippen LogP contribution in [0.1, 0.15) is 25.1 Å². The average Bonchev–Trinajstić information content (AvgIpc) is 2.76. The molecule has 0 fully saturated rings. The van der Waals surface area contributed by atoms with Gasteiger partial charge in [-0.25, -0.2) is 10.8 Å². The molecular formula is C13H21N5OS. The van der Waals surface area contributed by atoms with Crippen molar-refractivity contribution in [2.24, 2.45) is 11.3 Å². The van der Waals surface area contributed by atoms with Crippen LogP contribution in [0.15, 0.2) is 6.07 Å². The lowest BCUT2D eigenvalue weighted by Crippen LogP contribution is -2.25. The van der Waals surface area contributed by atoms with Crippen molar-refractivity contribution in [3.63, 3.8) is 0 Å². The molecule has 0 atom stereocenters. The van der Waals surface area contributed by atoms with Gasteiger partial charge in [0.15, 0.2) is 0 Å². The van der Waals surface area contributed by atoms with Gasteiger partial charge in [-0.05, 0) is 24.8 Å². The molecule has 0 amide bonds. The summed E-state index contributed by atoms with van der Waals surface area (Å²) in [7, 11) is 0. The van der Waals surface area contributed by atoms with Gasteiger partial charge >= 0.3 is 0 Å². The second kappa shape index (κ2) is 5.90. The Balaban J connectivity index is 2.28. The Morgan fingerprint density at radius 1 is 1.40 bits per heavy atom. The number of aliphatic hydroxyl groups is 1. The standard InChI is InChI=1S/C13H21N5OS/c1-8-6-9-10(15-7-13(2,3)4-5-19)16-12(18-14)17-11(9)20-8/h6,19H,4-5,7,14H2,1-3H3,(H2,15,16,17,18). The normalized spacial score (nSPS) is 11.8. The van der Waals surface area contributed by atoms with Gasteiger partial charge in [0.25, 0.3) is 0 Å². The summed E-state index contributed by atoms with van der Waals surface area (Å²) in [5, 5.41) is 13.4. The van der Waals surface area contributed by atoms with Crippen molar-refractivity contribution in [3.8, 4) is 0 Å². The number of hydrazine groups is 1. The number of anilines is 2. The number of hydrogen-bond acceptors (Lipinski definition) is 7. The van der Waals surface area contributed by atoms with E-state index in [1.807, 2.05) is 6.92 Å². The SMILES string of the molecule is Cc1cc2c(NCC(C)(C)CCO)nc(NN)nc2s1. The third kappa shape index (κ3) is 3.36. The van der Waals surface area contributed by atoms with Crippen molar-refractivity contribution in [1.82, 2.24) is 9.97 Å². The zero-order chi connectivity index (χ0) is 14.8. The van der Waals surface area contributed by atoms with Gasteiger partial charge in [-0.2, -0.15) is 4.98 Å². The highest BCUT2D eigenvalue weighted by molar-refractivity contribution is 7.18. The largest absolute Gasteiger partial charge is 0.396 e. The maximum atomic E-state index is 9.08. The van der Waals surface area contributed by atoms with Crippen molar-refractivity contribution in [2.45, 2.75) is 27.2 Å². The summed E-state index contributed by atoms with van der Waals surface area (Å²) in [6, 6.07) is 2.07. The van der Waals surface area contributed by atoms with Gasteiger partial charge in [0.2, 0.25) is 5.95 Å². The molecule has 0 radical (unpaired) electrons. The number of aromatic nitrogens is 2. The van der Waals surface area contributed by atoms with Crippen LogP contribution in [0.4, 0.5) is 11.8 Å². The molecule has 0 spiro atoms. The molecule has 0 bridgehead atoms. The maximum absolute atomic E-state index is 9.08. The van der Waals surface area contributed by atoms with Gasteiger partial charge in [0.1, 0.15) is 10.6 Å². The predicted octanol–water partition coefficient (Wildman–Crippen LogP) is 2.11. The van der Waals surface area contributed by atoms with E-state index in [0.29, 0.717) is 5.95 Å². The first kappa shape index (κ1) is 15.0. The molecule has 0 aliphatic heterocycles. The van der Waals surface area contributed by atoms with Crippen LogP contribution < -0.4 is 16.6 Å². The molecule has 5 N–H and O–H groups in total. The molecular weight excluding hydrogens is 274 g/mol. The van der Waals surface area contributed by atoms with Crippen LogP contribution in [-0.2, 0) is 0 Å². The van der Waals surface area contributed by atoms with Gasteiger partial charge in [-0.1, -0.05) is 13.8 Å². The molecule has 6 nitrogen and oxygen atoms in total. The molecule has 110 valence electrons. The second-order valence-electron chi connectivity index (χ2n) is 5.61. The van der Waals surface area contributed by atoms with E-state index in [1.165, 1.54) is 4.88 Å². The number of nitrogens with two attached hydrogens (primary N) is 1. The summed E-state index contributed by atoms with van der Waals surface area (Å²) >= 11 is 1.61. The Kier molecular flexibility index (Phi) is 4.42. The Hall–Kier alpha value is -1.44. The molecule has 2 rings (SSSR count). The summed E-state index contributed by atoms with van der Waals surface area (Å²) in [5.41, 5.74) is 2.49. The topological polar surface area (TPSA) is 96.1 Å². The summed E-state index contributed by atoms with van der Waals surface area (Å²) in [6.07, 6.45) is 0.735. The third-order valence-corrected chi connectivity index (χ3v) is 4.11. The molecule has 0 saturated carbocycles. The van der Waals surface area contributed by atoms with Crippen molar-refractivity contribution < 1.29 is 5.11 Å². The van der Waals surface area contributed by atoms with Crippen LogP contribution in [0.3, 0.4) is 0 Å². The zero-order valence-corrected chi connectivity index (χ0v) is 12.8. The monoisotopic (exact) mass is 295 g/mol. The highest BCUT2D eigenvalue weighted by Crippen LogP contribution is 2.30. The lowest BCUT2D eigenvalue weighted by Gasteiger charge is -2.24. The van der Waals surface area contributed by atoms with E-state index >= 15 is 0 Å². The van der Waals surface area contributed by atoms with E-state index in [1.54, 1.807) is 11.3 Å². The van der Waals surface area contributed by atoms with Crippen molar-refractivity contribution in [2.75, 3.05) is 23.9 Å². The van der Waals surface area contributed by atoms with Crippen molar-refractivity contribution in [3.05, 3.63) is 10.9 Å². The average molecular weight is 295 g/mol. The molecule has 2 heterocycles. The fourth-order valence-corrected chi connectivity index (χ4v) is 2.83. The van der Waals surface area contributed by atoms with E-state index < -0.39 is 0 Å². The first-order valence-electron chi connectivity index (χ1n) is 6.55. The summed E-state index contributed by atoms with van der Waals surface area (Å²) in [4.78, 5) is 10.8. The number of thiophene rings is 1. The minimum absolute atomic E-state index is 0.00655. The molecule has 0 aliphatic rings. The van der Waals surface area contributed by atoms with Gasteiger partial charge in [0, 0.05) is 18.0 Å². The lowest BCUT2D eigenvalue weighted by atomic mass is 9.90. The fraction of sp³-hybridized carbons (Fsp3) is 0.538. The van der Waals surface area contributed by atoms with Gasteiger partial charge < -0.3 is 10.4 Å². The van der Waals surface area contributed by atoms with Crippen LogP contribution in [0.25, 0.3) is 10.2 Å². The van der Waals surface area contributed by atoms with Crippen molar-refractivity contribution >= 4 is 33.3 Å². The number of rotatable bonds is 6. The Labute approximate surface area is 122 Å². The molecule has 2 aromatic rings. The maximum Gasteiger partial charge on any atom is 0.240 e. The minimum Gasteiger partial charge on any atom is -0.396 e. The summed E-state index contributed by atoms with van der Waals surface area (Å²) < 4.78 is 0. The fourth-order valence-electron chi connectivity index (χ4n) is 1.96. The van der Waals surface area contributed by atoms with Crippen LogP contribution in [-0.4, -0.2) is 28.2 Å². The summed E-state index contributed by atoms with van der Waals surface area (Å²) in [5.74, 6) is 6.60. The molecule has 7 heteroatoms. The zero-order valence-electron chi connectivity index (χ0n) is 12.0. The van der Waals surface area contributed by atoms with Crippen LogP contribution in [0, 0.1) is 12.3 Å². The van der Waals surface area contributed by atoms with Gasteiger partial charge in [0.05, 0.1) is 5.39 Å². The number of nitrogens with zero attached hydrogens (tertiary/aromatic N) is 2. The first-order chi connectivity index (χ1) is 9.45. The molecule has 0 aliphatic carbocycles. The Bertz CT molecular complexity index is 596. The highest BCUT2D eigenvalue weighted by atomic mass is 32.1. The second-order valence-corrected chi connectivity index (χ2v) is 6.84. The number of aryl methyl sites for hydroxylation is 1. The minimum atomic E-state index is -0.00655. The number of nitrogens with one attached hydrogen (secondary N) is 2. The lowest BCUT2D eigenvalue weighted by molar-refractivity contribution is 0.220. The quantitative estimate of drug-likeness (QED) is 0.481.